The highest BCUT2D eigenvalue weighted by Gasteiger charge is 2.31. The lowest BCUT2D eigenvalue weighted by Crippen LogP contribution is -3.28. The van der Waals surface area contributed by atoms with Crippen LogP contribution in [-0.2, 0) is 0 Å². The van der Waals surface area contributed by atoms with Gasteiger partial charge in [-0.05, 0) is 11.6 Å². The fourth-order valence-corrected chi connectivity index (χ4v) is 4.30. The summed E-state index contributed by atoms with van der Waals surface area (Å²) in [7, 11) is 0. The molecule has 0 spiro atoms. The Balaban J connectivity index is 1.40. The van der Waals surface area contributed by atoms with E-state index in [4.69, 9.17) is 0 Å². The molecule has 3 aromatic rings. The monoisotopic (exact) mass is 370 g/mol. The number of quaternary nitrogens is 2. The van der Waals surface area contributed by atoms with E-state index in [2.05, 4.69) is 103 Å². The molecule has 1 saturated heterocycles. The average molecular weight is 371 g/mol. The van der Waals surface area contributed by atoms with Gasteiger partial charge in [0.1, 0.15) is 32.2 Å². The molecule has 1 fully saturated rings. The van der Waals surface area contributed by atoms with E-state index in [1.807, 2.05) is 0 Å². The molecule has 1 aliphatic rings. The van der Waals surface area contributed by atoms with Gasteiger partial charge in [-0.3, -0.25) is 0 Å². The van der Waals surface area contributed by atoms with Crippen LogP contribution in [0.1, 0.15) is 22.7 Å². The van der Waals surface area contributed by atoms with Gasteiger partial charge in [-0.15, -0.1) is 0 Å². The summed E-state index contributed by atoms with van der Waals surface area (Å²) in [4.78, 5) is 3.38. The standard InChI is InChI=1S/C26H28N2/c1-4-11-23(12-5-1)13-10-18-27-19-21-28(22-20-27)26(24-14-6-2-7-15-24)25-16-8-3-9-17-25/h1-17,26H,18-22H2/p+2/b13-10+. The molecular weight excluding hydrogens is 340 g/mol. The molecule has 28 heavy (non-hydrogen) atoms. The highest BCUT2D eigenvalue weighted by Crippen LogP contribution is 2.18. The Morgan fingerprint density at radius 3 is 1.68 bits per heavy atom. The fraction of sp³-hybridized carbons (Fsp3) is 0.231. The third kappa shape index (κ3) is 4.78. The summed E-state index contributed by atoms with van der Waals surface area (Å²) in [5.41, 5.74) is 4.15. The lowest BCUT2D eigenvalue weighted by molar-refractivity contribution is -1.02. The third-order valence-corrected chi connectivity index (χ3v) is 5.79. The van der Waals surface area contributed by atoms with Gasteiger partial charge in [-0.1, -0.05) is 97.1 Å². The van der Waals surface area contributed by atoms with E-state index in [-0.39, 0.29) is 0 Å². The van der Waals surface area contributed by atoms with Crippen LogP contribution in [0.5, 0.6) is 0 Å². The van der Waals surface area contributed by atoms with Gasteiger partial charge in [-0.2, -0.15) is 0 Å². The van der Waals surface area contributed by atoms with Crippen LogP contribution in [0.3, 0.4) is 0 Å². The largest absolute Gasteiger partial charge is 0.322 e. The quantitative estimate of drug-likeness (QED) is 0.659. The Bertz CT molecular complexity index is 811. The first-order valence-corrected chi connectivity index (χ1v) is 10.4. The second kappa shape index (κ2) is 9.50. The van der Waals surface area contributed by atoms with Crippen molar-refractivity contribution in [3.05, 3.63) is 114 Å². The number of rotatable bonds is 6. The molecule has 3 aromatic carbocycles. The highest BCUT2D eigenvalue weighted by atomic mass is 15.3. The van der Waals surface area contributed by atoms with Crippen LogP contribution in [0.2, 0.25) is 0 Å². The van der Waals surface area contributed by atoms with Gasteiger partial charge < -0.3 is 9.80 Å². The zero-order chi connectivity index (χ0) is 19.0. The Hall–Kier alpha value is -2.68. The van der Waals surface area contributed by atoms with Crippen molar-refractivity contribution < 1.29 is 9.80 Å². The minimum absolute atomic E-state index is 0.434. The molecule has 0 atom stereocenters. The first-order chi connectivity index (χ1) is 13.9. The van der Waals surface area contributed by atoms with E-state index in [0.29, 0.717) is 6.04 Å². The van der Waals surface area contributed by atoms with E-state index >= 15 is 0 Å². The lowest BCUT2D eigenvalue weighted by Gasteiger charge is -2.34. The van der Waals surface area contributed by atoms with Crippen molar-refractivity contribution in [2.45, 2.75) is 6.04 Å². The minimum Gasteiger partial charge on any atom is -0.322 e. The topological polar surface area (TPSA) is 8.88 Å². The number of hydrogen-bond acceptors (Lipinski definition) is 0. The van der Waals surface area contributed by atoms with Crippen molar-refractivity contribution in [1.29, 1.82) is 0 Å². The summed E-state index contributed by atoms with van der Waals surface area (Å²) < 4.78 is 0. The molecule has 2 heteroatoms. The van der Waals surface area contributed by atoms with Gasteiger partial charge in [0.05, 0.1) is 6.54 Å². The average Bonchev–Trinajstić information content (AvgIpc) is 2.77. The maximum absolute atomic E-state index is 2.33. The molecule has 0 bridgehead atoms. The first kappa shape index (κ1) is 18.7. The lowest BCUT2D eigenvalue weighted by atomic mass is 9.96. The molecule has 2 N–H and O–H groups in total. The zero-order valence-corrected chi connectivity index (χ0v) is 16.4. The van der Waals surface area contributed by atoms with E-state index < -0.39 is 0 Å². The van der Waals surface area contributed by atoms with Crippen LogP contribution in [0.15, 0.2) is 97.1 Å². The van der Waals surface area contributed by atoms with E-state index in [9.17, 15) is 0 Å². The Morgan fingerprint density at radius 1 is 0.643 bits per heavy atom. The van der Waals surface area contributed by atoms with Crippen molar-refractivity contribution in [2.24, 2.45) is 0 Å². The minimum atomic E-state index is 0.434. The van der Waals surface area contributed by atoms with Gasteiger partial charge in [0, 0.05) is 11.1 Å². The summed E-state index contributed by atoms with van der Waals surface area (Å²) >= 11 is 0. The smallest absolute Gasteiger partial charge is 0.139 e. The van der Waals surface area contributed by atoms with Crippen LogP contribution in [0.25, 0.3) is 6.08 Å². The Morgan fingerprint density at radius 2 is 1.14 bits per heavy atom. The molecule has 0 aliphatic carbocycles. The summed E-state index contributed by atoms with van der Waals surface area (Å²) in [5, 5.41) is 0. The maximum atomic E-state index is 2.33. The molecule has 2 nitrogen and oxygen atoms in total. The van der Waals surface area contributed by atoms with Gasteiger partial charge in [0.2, 0.25) is 0 Å². The SMILES string of the molecule is C(=C\c1ccccc1)/C[NH+]1CC[NH+](C(c2ccccc2)c2ccccc2)CC1. The number of piperazine rings is 1. The molecule has 4 rings (SSSR count). The van der Waals surface area contributed by atoms with Crippen LogP contribution < -0.4 is 9.80 Å². The number of benzene rings is 3. The Labute approximate surface area is 168 Å². The molecule has 0 aromatic heterocycles. The molecular formula is C26H30N2+2. The predicted octanol–water partition coefficient (Wildman–Crippen LogP) is 2.27. The Kier molecular flexibility index (Phi) is 6.33. The predicted molar refractivity (Wildman–Crippen MR) is 116 cm³/mol. The van der Waals surface area contributed by atoms with E-state index in [1.165, 1.54) is 42.9 Å². The van der Waals surface area contributed by atoms with Gasteiger partial charge in [0.25, 0.3) is 0 Å². The fourth-order valence-electron chi connectivity index (χ4n) is 4.30. The number of nitrogens with one attached hydrogen (secondary N) is 2. The molecule has 1 heterocycles. The summed E-state index contributed by atoms with van der Waals surface area (Å²) in [6.45, 7) is 5.99. The molecule has 0 unspecified atom stereocenters. The van der Waals surface area contributed by atoms with Gasteiger partial charge in [-0.25, -0.2) is 0 Å². The van der Waals surface area contributed by atoms with Gasteiger partial charge >= 0.3 is 0 Å². The van der Waals surface area contributed by atoms with Crippen LogP contribution in [0, 0.1) is 0 Å². The second-order valence-electron chi connectivity index (χ2n) is 7.68. The second-order valence-corrected chi connectivity index (χ2v) is 7.68. The number of hydrogen-bond donors (Lipinski definition) is 2. The van der Waals surface area contributed by atoms with Crippen molar-refractivity contribution >= 4 is 6.08 Å². The van der Waals surface area contributed by atoms with Crippen molar-refractivity contribution in [1.82, 2.24) is 0 Å². The summed E-state index contributed by atoms with van der Waals surface area (Å²) in [6, 6.07) is 33.1. The van der Waals surface area contributed by atoms with Crippen LogP contribution >= 0.6 is 0 Å². The van der Waals surface area contributed by atoms with Crippen LogP contribution in [-0.4, -0.2) is 32.7 Å². The maximum Gasteiger partial charge on any atom is 0.139 e. The third-order valence-electron chi connectivity index (χ3n) is 5.79. The van der Waals surface area contributed by atoms with Crippen LogP contribution in [0.4, 0.5) is 0 Å². The normalized spacial score (nSPS) is 19.9. The van der Waals surface area contributed by atoms with Crippen molar-refractivity contribution in [2.75, 3.05) is 32.7 Å². The van der Waals surface area contributed by atoms with Gasteiger partial charge in [0.15, 0.2) is 0 Å². The highest BCUT2D eigenvalue weighted by molar-refractivity contribution is 5.48. The first-order valence-electron chi connectivity index (χ1n) is 10.4. The molecule has 0 saturated carbocycles. The van der Waals surface area contributed by atoms with Crippen molar-refractivity contribution in [3.63, 3.8) is 0 Å². The van der Waals surface area contributed by atoms with Crippen molar-refractivity contribution in [3.8, 4) is 0 Å². The summed E-state index contributed by atoms with van der Waals surface area (Å²) in [6.07, 6.45) is 4.59. The molecule has 1 aliphatic heterocycles. The zero-order valence-electron chi connectivity index (χ0n) is 16.4. The molecule has 0 radical (unpaired) electrons. The summed E-state index contributed by atoms with van der Waals surface area (Å²) in [5.74, 6) is 0. The molecule has 142 valence electrons. The van der Waals surface area contributed by atoms with E-state index in [1.54, 1.807) is 9.80 Å². The van der Waals surface area contributed by atoms with E-state index in [0.717, 1.165) is 6.54 Å². The molecule has 0 amide bonds.